The second-order valence-corrected chi connectivity index (χ2v) is 4.75. The molecule has 2 aromatic rings. The minimum absolute atomic E-state index is 0.212. The van der Waals surface area contributed by atoms with Crippen LogP contribution in [0.1, 0.15) is 28.4 Å². The van der Waals surface area contributed by atoms with E-state index < -0.39 is 5.82 Å². The number of halogens is 1. The zero-order valence-electron chi connectivity index (χ0n) is 12.1. The van der Waals surface area contributed by atoms with Gasteiger partial charge >= 0.3 is 0 Å². The average Bonchev–Trinajstić information content (AvgIpc) is 2.48. The normalized spacial score (nSPS) is 10.2. The second-order valence-electron chi connectivity index (χ2n) is 4.75. The Labute approximate surface area is 123 Å². The van der Waals surface area contributed by atoms with Gasteiger partial charge < -0.3 is 10.6 Å². The van der Waals surface area contributed by atoms with Crippen LogP contribution in [0.3, 0.4) is 0 Å². The highest BCUT2D eigenvalue weighted by Crippen LogP contribution is 2.13. The van der Waals surface area contributed by atoms with E-state index in [9.17, 15) is 9.18 Å². The maximum absolute atomic E-state index is 13.3. The van der Waals surface area contributed by atoms with Crippen LogP contribution in [0.2, 0.25) is 0 Å². The number of anilines is 1. The Morgan fingerprint density at radius 1 is 1.29 bits per heavy atom. The molecule has 0 aliphatic carbocycles. The molecule has 0 bridgehead atoms. The lowest BCUT2D eigenvalue weighted by molar-refractivity contribution is 0.0951. The standard InChI is InChI=1S/C16H18FN3O/c1-3-18-15-14(8-13(17)10-19-15)16(21)20-9-12-6-4-11(2)5-7-12/h4-8,10H,3,9H2,1-2H3,(H,18,19)(H,20,21). The van der Waals surface area contributed by atoms with Crippen LogP contribution in [-0.4, -0.2) is 17.4 Å². The molecule has 1 aromatic carbocycles. The Kier molecular flexibility index (Phi) is 4.87. The number of amides is 1. The van der Waals surface area contributed by atoms with E-state index in [1.54, 1.807) is 0 Å². The number of aromatic nitrogens is 1. The Balaban J connectivity index is 2.09. The van der Waals surface area contributed by atoms with Crippen LogP contribution in [0.15, 0.2) is 36.5 Å². The van der Waals surface area contributed by atoms with Crippen molar-refractivity contribution in [1.82, 2.24) is 10.3 Å². The van der Waals surface area contributed by atoms with Gasteiger partial charge in [0.15, 0.2) is 0 Å². The van der Waals surface area contributed by atoms with E-state index in [4.69, 9.17) is 0 Å². The molecule has 0 fully saturated rings. The van der Waals surface area contributed by atoms with Crippen molar-refractivity contribution >= 4 is 11.7 Å². The van der Waals surface area contributed by atoms with Gasteiger partial charge in [0.25, 0.3) is 5.91 Å². The number of carbonyl (C=O) groups is 1. The van der Waals surface area contributed by atoms with Crippen LogP contribution in [0.25, 0.3) is 0 Å². The van der Waals surface area contributed by atoms with Crippen molar-refractivity contribution in [3.8, 4) is 0 Å². The summed E-state index contributed by atoms with van der Waals surface area (Å²) in [7, 11) is 0. The SMILES string of the molecule is CCNc1ncc(F)cc1C(=O)NCc1ccc(C)cc1. The van der Waals surface area contributed by atoms with E-state index in [-0.39, 0.29) is 11.5 Å². The molecule has 1 aromatic heterocycles. The van der Waals surface area contributed by atoms with Crippen molar-refractivity contribution in [3.63, 3.8) is 0 Å². The maximum Gasteiger partial charge on any atom is 0.255 e. The summed E-state index contributed by atoms with van der Waals surface area (Å²) in [5.41, 5.74) is 2.36. The molecule has 0 radical (unpaired) electrons. The molecule has 0 unspecified atom stereocenters. The Hall–Kier alpha value is -2.43. The van der Waals surface area contributed by atoms with Gasteiger partial charge in [-0.25, -0.2) is 9.37 Å². The number of nitrogens with one attached hydrogen (secondary N) is 2. The van der Waals surface area contributed by atoms with E-state index in [0.717, 1.165) is 17.3 Å². The molecule has 2 rings (SSSR count). The Morgan fingerprint density at radius 2 is 2.00 bits per heavy atom. The molecule has 0 spiro atoms. The minimum Gasteiger partial charge on any atom is -0.370 e. The highest BCUT2D eigenvalue weighted by molar-refractivity contribution is 5.98. The number of hydrogen-bond donors (Lipinski definition) is 2. The summed E-state index contributed by atoms with van der Waals surface area (Å²) >= 11 is 0. The highest BCUT2D eigenvalue weighted by Gasteiger charge is 2.13. The van der Waals surface area contributed by atoms with Gasteiger partial charge in [-0.05, 0) is 25.5 Å². The lowest BCUT2D eigenvalue weighted by Crippen LogP contribution is -2.24. The first-order chi connectivity index (χ1) is 10.1. The third kappa shape index (κ3) is 4.02. The van der Waals surface area contributed by atoms with E-state index in [1.165, 1.54) is 6.07 Å². The zero-order valence-corrected chi connectivity index (χ0v) is 12.1. The van der Waals surface area contributed by atoms with Gasteiger partial charge in [0, 0.05) is 13.1 Å². The predicted octanol–water partition coefficient (Wildman–Crippen LogP) is 2.89. The van der Waals surface area contributed by atoms with Gasteiger partial charge in [0.2, 0.25) is 0 Å². The summed E-state index contributed by atoms with van der Waals surface area (Å²) < 4.78 is 13.3. The van der Waals surface area contributed by atoms with Crippen molar-refractivity contribution in [2.75, 3.05) is 11.9 Å². The maximum atomic E-state index is 13.3. The fourth-order valence-electron chi connectivity index (χ4n) is 1.90. The molecule has 0 aliphatic rings. The summed E-state index contributed by atoms with van der Waals surface area (Å²) in [4.78, 5) is 16.1. The van der Waals surface area contributed by atoms with E-state index in [1.807, 2.05) is 38.1 Å². The fraction of sp³-hybridized carbons (Fsp3) is 0.250. The van der Waals surface area contributed by atoms with Crippen LogP contribution in [-0.2, 0) is 6.54 Å². The van der Waals surface area contributed by atoms with Crippen molar-refractivity contribution in [2.24, 2.45) is 0 Å². The van der Waals surface area contributed by atoms with E-state index >= 15 is 0 Å². The van der Waals surface area contributed by atoms with Gasteiger partial charge in [-0.3, -0.25) is 4.79 Å². The Morgan fingerprint density at radius 3 is 2.67 bits per heavy atom. The molecule has 110 valence electrons. The van der Waals surface area contributed by atoms with Crippen LogP contribution in [0.4, 0.5) is 10.2 Å². The molecule has 0 atom stereocenters. The van der Waals surface area contributed by atoms with Crippen molar-refractivity contribution in [3.05, 3.63) is 59.0 Å². The molecule has 1 heterocycles. The fourth-order valence-corrected chi connectivity index (χ4v) is 1.90. The van der Waals surface area contributed by atoms with Crippen LogP contribution < -0.4 is 10.6 Å². The number of aryl methyl sites for hydroxylation is 1. The molecule has 5 heteroatoms. The third-order valence-electron chi connectivity index (χ3n) is 3.02. The lowest BCUT2D eigenvalue weighted by Gasteiger charge is -2.10. The summed E-state index contributed by atoms with van der Waals surface area (Å²) in [6.07, 6.45) is 1.09. The van der Waals surface area contributed by atoms with Crippen LogP contribution in [0, 0.1) is 12.7 Å². The molecular formula is C16H18FN3O. The van der Waals surface area contributed by atoms with Crippen molar-refractivity contribution in [2.45, 2.75) is 20.4 Å². The van der Waals surface area contributed by atoms with Gasteiger partial charge in [-0.2, -0.15) is 0 Å². The first kappa shape index (κ1) is 15.0. The zero-order chi connectivity index (χ0) is 15.2. The molecule has 2 N–H and O–H groups in total. The largest absolute Gasteiger partial charge is 0.370 e. The molecule has 1 amide bonds. The van der Waals surface area contributed by atoms with E-state index in [0.29, 0.717) is 18.9 Å². The number of benzene rings is 1. The van der Waals surface area contributed by atoms with Crippen LogP contribution in [0.5, 0.6) is 0 Å². The molecule has 0 saturated carbocycles. The van der Waals surface area contributed by atoms with E-state index in [2.05, 4.69) is 15.6 Å². The third-order valence-corrected chi connectivity index (χ3v) is 3.02. The van der Waals surface area contributed by atoms with Gasteiger partial charge in [-0.15, -0.1) is 0 Å². The summed E-state index contributed by atoms with van der Waals surface area (Å²) in [6.45, 7) is 4.89. The number of rotatable bonds is 5. The van der Waals surface area contributed by atoms with Gasteiger partial charge in [-0.1, -0.05) is 29.8 Å². The average molecular weight is 287 g/mol. The number of nitrogens with zero attached hydrogens (tertiary/aromatic N) is 1. The minimum atomic E-state index is -0.530. The van der Waals surface area contributed by atoms with Crippen molar-refractivity contribution < 1.29 is 9.18 Å². The molecule has 0 aliphatic heterocycles. The first-order valence-corrected chi connectivity index (χ1v) is 6.83. The quantitative estimate of drug-likeness (QED) is 0.889. The summed E-state index contributed by atoms with van der Waals surface area (Å²) in [5, 5.41) is 5.73. The van der Waals surface area contributed by atoms with Crippen molar-refractivity contribution in [1.29, 1.82) is 0 Å². The topological polar surface area (TPSA) is 54.0 Å². The highest BCUT2D eigenvalue weighted by atomic mass is 19.1. The van der Waals surface area contributed by atoms with Gasteiger partial charge in [0.05, 0.1) is 11.8 Å². The summed E-state index contributed by atoms with van der Waals surface area (Å²) in [5.74, 6) is -0.490. The second kappa shape index (κ2) is 6.83. The monoisotopic (exact) mass is 287 g/mol. The Bertz CT molecular complexity index is 626. The lowest BCUT2D eigenvalue weighted by atomic mass is 10.1. The first-order valence-electron chi connectivity index (χ1n) is 6.83. The van der Waals surface area contributed by atoms with Gasteiger partial charge in [0.1, 0.15) is 11.6 Å². The molecule has 21 heavy (non-hydrogen) atoms. The molecule has 4 nitrogen and oxygen atoms in total. The molecule has 0 saturated heterocycles. The predicted molar refractivity (Wildman–Crippen MR) is 80.7 cm³/mol. The number of hydrogen-bond acceptors (Lipinski definition) is 3. The summed E-state index contributed by atoms with van der Waals surface area (Å²) in [6, 6.07) is 9.05. The van der Waals surface area contributed by atoms with Crippen LogP contribution >= 0.6 is 0 Å². The molecular weight excluding hydrogens is 269 g/mol. The number of carbonyl (C=O) groups excluding carboxylic acids is 1. The smallest absolute Gasteiger partial charge is 0.255 e. The number of pyridine rings is 1.